The molecule has 0 bridgehead atoms. The summed E-state index contributed by atoms with van der Waals surface area (Å²) in [5, 5.41) is 12.7. The van der Waals surface area contributed by atoms with Gasteiger partial charge in [-0.3, -0.25) is 4.79 Å². The maximum atomic E-state index is 11.8. The van der Waals surface area contributed by atoms with Crippen molar-refractivity contribution in [1.29, 1.82) is 0 Å². The highest BCUT2D eigenvalue weighted by Crippen LogP contribution is 2.18. The molecule has 0 aliphatic carbocycles. The van der Waals surface area contributed by atoms with E-state index in [1.165, 1.54) is 0 Å². The molecule has 3 nitrogen and oxygen atoms in total. The summed E-state index contributed by atoms with van der Waals surface area (Å²) in [5.41, 5.74) is 0.372. The molecule has 0 unspecified atom stereocenters. The lowest BCUT2D eigenvalue weighted by Crippen LogP contribution is -2.38. The number of hydrogen-bond acceptors (Lipinski definition) is 2. The van der Waals surface area contributed by atoms with Crippen molar-refractivity contribution >= 4 is 17.5 Å². The fourth-order valence-electron chi connectivity index (χ4n) is 1.25. The molecule has 16 heavy (non-hydrogen) atoms. The number of benzene rings is 1. The monoisotopic (exact) mass is 241 g/mol. The van der Waals surface area contributed by atoms with Crippen molar-refractivity contribution in [3.63, 3.8) is 0 Å². The first-order chi connectivity index (χ1) is 7.31. The minimum atomic E-state index is -0.915. The first kappa shape index (κ1) is 13.0. The van der Waals surface area contributed by atoms with Crippen LogP contribution in [0.1, 0.15) is 29.8 Å². The van der Waals surface area contributed by atoms with Gasteiger partial charge < -0.3 is 10.4 Å². The normalized spacial score (nSPS) is 11.3. The zero-order valence-corrected chi connectivity index (χ0v) is 10.4. The summed E-state index contributed by atoms with van der Waals surface area (Å²) < 4.78 is 0. The van der Waals surface area contributed by atoms with E-state index in [-0.39, 0.29) is 12.5 Å². The molecule has 1 rings (SSSR count). The van der Waals surface area contributed by atoms with Gasteiger partial charge >= 0.3 is 0 Å². The summed E-state index contributed by atoms with van der Waals surface area (Å²) in [6, 6.07) is 5.18. The second kappa shape index (κ2) is 4.85. The Kier molecular flexibility index (Phi) is 3.94. The highest BCUT2D eigenvalue weighted by atomic mass is 35.5. The van der Waals surface area contributed by atoms with Crippen LogP contribution in [-0.2, 0) is 0 Å². The Hall–Kier alpha value is -1.06. The van der Waals surface area contributed by atoms with Gasteiger partial charge in [-0.05, 0) is 38.5 Å². The van der Waals surface area contributed by atoms with Gasteiger partial charge in [0.1, 0.15) is 0 Å². The van der Waals surface area contributed by atoms with Crippen LogP contribution in [0.25, 0.3) is 0 Å². The average Bonchev–Trinajstić information content (AvgIpc) is 2.17. The van der Waals surface area contributed by atoms with E-state index >= 15 is 0 Å². The first-order valence-corrected chi connectivity index (χ1v) is 5.45. The van der Waals surface area contributed by atoms with E-state index < -0.39 is 5.60 Å². The molecule has 0 spiro atoms. The predicted octanol–water partition coefficient (Wildman–Crippen LogP) is 2.15. The van der Waals surface area contributed by atoms with E-state index in [0.29, 0.717) is 10.6 Å². The Morgan fingerprint density at radius 2 is 2.12 bits per heavy atom. The molecule has 2 N–H and O–H groups in total. The summed E-state index contributed by atoms with van der Waals surface area (Å²) in [4.78, 5) is 11.8. The zero-order chi connectivity index (χ0) is 12.3. The molecule has 0 radical (unpaired) electrons. The highest BCUT2D eigenvalue weighted by Gasteiger charge is 2.16. The lowest BCUT2D eigenvalue weighted by atomic mass is 10.1. The van der Waals surface area contributed by atoms with Crippen LogP contribution in [0.3, 0.4) is 0 Å². The van der Waals surface area contributed by atoms with Crippen molar-refractivity contribution in [1.82, 2.24) is 5.32 Å². The van der Waals surface area contributed by atoms with Gasteiger partial charge in [0, 0.05) is 17.1 Å². The Bertz CT molecular complexity index is 396. The fourth-order valence-corrected chi connectivity index (χ4v) is 1.42. The predicted molar refractivity (Wildman–Crippen MR) is 64.8 cm³/mol. The Morgan fingerprint density at radius 3 is 2.69 bits per heavy atom. The maximum Gasteiger partial charge on any atom is 0.251 e. The molecule has 1 amide bonds. The second-order valence-corrected chi connectivity index (χ2v) is 4.81. The summed E-state index contributed by atoms with van der Waals surface area (Å²) in [5.74, 6) is -0.220. The average molecular weight is 242 g/mol. The van der Waals surface area contributed by atoms with Crippen LogP contribution in [0, 0.1) is 6.92 Å². The van der Waals surface area contributed by atoms with E-state index in [2.05, 4.69) is 5.32 Å². The molecule has 0 saturated heterocycles. The molecular weight excluding hydrogens is 226 g/mol. The van der Waals surface area contributed by atoms with Crippen LogP contribution in [-0.4, -0.2) is 23.2 Å². The molecule has 0 aliphatic heterocycles. The number of amides is 1. The van der Waals surface area contributed by atoms with Crippen molar-refractivity contribution in [3.8, 4) is 0 Å². The van der Waals surface area contributed by atoms with Gasteiger partial charge in [-0.25, -0.2) is 0 Å². The number of aliphatic hydroxyl groups is 1. The van der Waals surface area contributed by atoms with E-state index in [1.54, 1.807) is 39.0 Å². The molecule has 0 aromatic heterocycles. The van der Waals surface area contributed by atoms with E-state index in [4.69, 9.17) is 11.6 Å². The lowest BCUT2D eigenvalue weighted by Gasteiger charge is -2.18. The number of carbonyl (C=O) groups excluding carboxylic acids is 1. The molecule has 0 fully saturated rings. The third-order valence-corrected chi connectivity index (χ3v) is 2.60. The largest absolute Gasteiger partial charge is 0.389 e. The van der Waals surface area contributed by atoms with E-state index in [1.807, 2.05) is 0 Å². The van der Waals surface area contributed by atoms with Gasteiger partial charge in [-0.15, -0.1) is 0 Å². The number of halogens is 1. The van der Waals surface area contributed by atoms with Crippen LogP contribution in [0.2, 0.25) is 5.02 Å². The molecule has 1 aromatic carbocycles. The molecular formula is C12H16ClNO2. The number of hydrogen-bond donors (Lipinski definition) is 2. The van der Waals surface area contributed by atoms with Crippen molar-refractivity contribution in [2.24, 2.45) is 0 Å². The van der Waals surface area contributed by atoms with Crippen LogP contribution < -0.4 is 5.32 Å². The molecule has 0 saturated carbocycles. The second-order valence-electron chi connectivity index (χ2n) is 4.41. The smallest absolute Gasteiger partial charge is 0.251 e. The summed E-state index contributed by atoms with van der Waals surface area (Å²) >= 11 is 5.92. The van der Waals surface area contributed by atoms with Crippen molar-refractivity contribution < 1.29 is 9.90 Å². The lowest BCUT2D eigenvalue weighted by molar-refractivity contribution is 0.0694. The third-order valence-electron chi connectivity index (χ3n) is 2.19. The van der Waals surface area contributed by atoms with Crippen molar-refractivity contribution in [3.05, 3.63) is 34.3 Å². The highest BCUT2D eigenvalue weighted by molar-refractivity contribution is 6.31. The van der Waals surface area contributed by atoms with Gasteiger partial charge in [0.25, 0.3) is 5.91 Å². The van der Waals surface area contributed by atoms with Gasteiger partial charge in [-0.2, -0.15) is 0 Å². The Labute approximate surface area is 100 Å². The van der Waals surface area contributed by atoms with Crippen molar-refractivity contribution in [2.45, 2.75) is 26.4 Å². The molecule has 88 valence electrons. The SMILES string of the molecule is Cc1c(Cl)cccc1C(=O)NCC(C)(C)O. The molecule has 4 heteroatoms. The molecule has 0 atom stereocenters. The van der Waals surface area contributed by atoms with Crippen LogP contribution in [0.15, 0.2) is 18.2 Å². The van der Waals surface area contributed by atoms with Crippen LogP contribution in [0.4, 0.5) is 0 Å². The zero-order valence-electron chi connectivity index (χ0n) is 9.67. The summed E-state index contributed by atoms with van der Waals surface area (Å²) in [6.07, 6.45) is 0. The van der Waals surface area contributed by atoms with Gasteiger partial charge in [0.05, 0.1) is 5.60 Å². The summed E-state index contributed by atoms with van der Waals surface area (Å²) in [7, 11) is 0. The van der Waals surface area contributed by atoms with Crippen LogP contribution in [0.5, 0.6) is 0 Å². The maximum absolute atomic E-state index is 11.8. The van der Waals surface area contributed by atoms with Gasteiger partial charge in [0.2, 0.25) is 0 Å². The minimum absolute atomic E-state index is 0.206. The number of nitrogens with one attached hydrogen (secondary N) is 1. The van der Waals surface area contributed by atoms with Gasteiger partial charge in [-0.1, -0.05) is 17.7 Å². The first-order valence-electron chi connectivity index (χ1n) is 5.07. The van der Waals surface area contributed by atoms with Gasteiger partial charge in [0.15, 0.2) is 0 Å². The summed E-state index contributed by atoms with van der Waals surface area (Å²) in [6.45, 7) is 5.27. The number of carbonyl (C=O) groups is 1. The molecule has 1 aromatic rings. The Balaban J connectivity index is 2.78. The third kappa shape index (κ3) is 3.51. The van der Waals surface area contributed by atoms with E-state index in [9.17, 15) is 9.90 Å². The quantitative estimate of drug-likeness (QED) is 0.852. The van der Waals surface area contributed by atoms with E-state index in [0.717, 1.165) is 5.56 Å². The number of rotatable bonds is 3. The minimum Gasteiger partial charge on any atom is -0.389 e. The standard InChI is InChI=1S/C12H16ClNO2/c1-8-9(5-4-6-10(8)13)11(15)14-7-12(2,3)16/h4-6,16H,7H2,1-3H3,(H,14,15). The molecule has 0 aliphatic rings. The topological polar surface area (TPSA) is 49.3 Å². The van der Waals surface area contributed by atoms with Crippen LogP contribution >= 0.6 is 11.6 Å². The van der Waals surface area contributed by atoms with Crippen molar-refractivity contribution in [2.75, 3.05) is 6.54 Å². The Morgan fingerprint density at radius 1 is 1.50 bits per heavy atom. The fraction of sp³-hybridized carbons (Fsp3) is 0.417. The molecule has 0 heterocycles.